The summed E-state index contributed by atoms with van der Waals surface area (Å²) in [6.45, 7) is 0.461. The van der Waals surface area contributed by atoms with Gasteiger partial charge in [0.15, 0.2) is 0 Å². The Kier molecular flexibility index (Phi) is 6.53. The van der Waals surface area contributed by atoms with Crippen molar-refractivity contribution >= 4 is 22.8 Å². The van der Waals surface area contributed by atoms with E-state index in [9.17, 15) is 9.59 Å². The van der Waals surface area contributed by atoms with E-state index in [1.54, 1.807) is 32.3 Å². The van der Waals surface area contributed by atoms with E-state index >= 15 is 0 Å². The number of aromatic nitrogens is 4. The molecule has 0 bridgehead atoms. The molecule has 1 N–H and O–H groups in total. The lowest BCUT2D eigenvalue weighted by Crippen LogP contribution is -2.41. The highest BCUT2D eigenvalue weighted by Crippen LogP contribution is 2.18. The van der Waals surface area contributed by atoms with Gasteiger partial charge in [-0.1, -0.05) is 35.5 Å². The van der Waals surface area contributed by atoms with Gasteiger partial charge in [0.05, 0.1) is 5.52 Å². The number of carbonyl (C=O) groups is 2. The van der Waals surface area contributed by atoms with Crippen molar-refractivity contribution in [1.82, 2.24) is 29.8 Å². The predicted molar refractivity (Wildman–Crippen MR) is 127 cm³/mol. The molecule has 2 aromatic carbocycles. The number of aryl methyl sites for hydroxylation is 2. The van der Waals surface area contributed by atoms with Crippen LogP contribution in [0.5, 0.6) is 0 Å². The second-order valence-corrected chi connectivity index (χ2v) is 8.23. The molecule has 0 aliphatic rings. The number of rotatable bonds is 8. The van der Waals surface area contributed by atoms with Gasteiger partial charge in [0.2, 0.25) is 0 Å². The van der Waals surface area contributed by atoms with E-state index in [1.807, 2.05) is 57.7 Å². The van der Waals surface area contributed by atoms with Gasteiger partial charge >= 0.3 is 0 Å². The highest BCUT2D eigenvalue weighted by Gasteiger charge is 2.23. The number of likely N-dealkylation sites (N-methyl/N-ethyl adjacent to an activating group) is 1. The Morgan fingerprint density at radius 2 is 1.85 bits per heavy atom. The third-order valence-corrected chi connectivity index (χ3v) is 5.98. The summed E-state index contributed by atoms with van der Waals surface area (Å²) < 4.78 is 3.47. The van der Waals surface area contributed by atoms with Gasteiger partial charge in [-0.15, -0.1) is 5.10 Å². The molecule has 2 aromatic heterocycles. The molecular weight excluding hydrogens is 416 g/mol. The van der Waals surface area contributed by atoms with Crippen molar-refractivity contribution in [1.29, 1.82) is 0 Å². The molecule has 0 saturated carbocycles. The summed E-state index contributed by atoms with van der Waals surface area (Å²) in [4.78, 5) is 27.6. The standard InChI is InChI=1S/C25H28N6O2/c1-29-15-7-10-23(29)24(32)26-14-13-20(16-18-8-5-4-6-9-18)30(2)25(33)19-11-12-22-21(17-19)27-28-31(22)3/h4-12,15,17,20H,13-14,16H2,1-3H3,(H,26,32)/t20-/m1/s1. The summed E-state index contributed by atoms with van der Waals surface area (Å²) in [6.07, 6.45) is 3.16. The number of carbonyl (C=O) groups excluding carboxylic acids is 2. The van der Waals surface area contributed by atoms with Gasteiger partial charge in [-0.05, 0) is 48.7 Å². The fraction of sp³-hybridized carbons (Fsp3) is 0.280. The second-order valence-electron chi connectivity index (χ2n) is 8.23. The van der Waals surface area contributed by atoms with E-state index in [0.29, 0.717) is 36.2 Å². The van der Waals surface area contributed by atoms with Crippen molar-refractivity contribution in [3.63, 3.8) is 0 Å². The van der Waals surface area contributed by atoms with Crippen LogP contribution in [0.4, 0.5) is 0 Å². The molecule has 0 aliphatic carbocycles. The minimum Gasteiger partial charge on any atom is -0.351 e. The first kappa shape index (κ1) is 22.3. The van der Waals surface area contributed by atoms with Crippen LogP contribution in [-0.2, 0) is 20.5 Å². The summed E-state index contributed by atoms with van der Waals surface area (Å²) in [5.74, 6) is -0.208. The lowest BCUT2D eigenvalue weighted by molar-refractivity contribution is 0.0723. The first-order valence-electron chi connectivity index (χ1n) is 10.9. The van der Waals surface area contributed by atoms with Crippen LogP contribution in [0.25, 0.3) is 11.0 Å². The number of nitrogens with zero attached hydrogens (tertiary/aromatic N) is 5. The van der Waals surface area contributed by atoms with E-state index in [1.165, 1.54) is 0 Å². The molecule has 0 saturated heterocycles. The van der Waals surface area contributed by atoms with Crippen molar-refractivity contribution in [3.05, 3.63) is 83.7 Å². The molecule has 0 fully saturated rings. The molecule has 0 unspecified atom stereocenters. The SMILES string of the molecule is CN(C(=O)c1ccc2c(c1)nnn2C)[C@H](CCNC(=O)c1cccn1C)Cc1ccccc1. The van der Waals surface area contributed by atoms with Crippen LogP contribution in [0.15, 0.2) is 66.9 Å². The number of amides is 2. The third-order valence-electron chi connectivity index (χ3n) is 5.98. The minimum absolute atomic E-state index is 0.0859. The monoisotopic (exact) mass is 444 g/mol. The van der Waals surface area contributed by atoms with E-state index in [-0.39, 0.29) is 17.9 Å². The largest absolute Gasteiger partial charge is 0.351 e. The lowest BCUT2D eigenvalue weighted by Gasteiger charge is -2.29. The minimum atomic E-state index is -0.122. The van der Waals surface area contributed by atoms with Gasteiger partial charge in [-0.25, -0.2) is 4.68 Å². The van der Waals surface area contributed by atoms with Crippen LogP contribution in [-0.4, -0.2) is 55.9 Å². The van der Waals surface area contributed by atoms with Crippen molar-refractivity contribution in [3.8, 4) is 0 Å². The van der Waals surface area contributed by atoms with Gasteiger partial charge in [0.1, 0.15) is 11.2 Å². The molecular formula is C25H28N6O2. The summed E-state index contributed by atoms with van der Waals surface area (Å²) in [5, 5.41) is 11.1. The average molecular weight is 445 g/mol. The number of benzene rings is 2. The van der Waals surface area contributed by atoms with Crippen LogP contribution < -0.4 is 5.32 Å². The molecule has 0 aliphatic heterocycles. The van der Waals surface area contributed by atoms with Gasteiger partial charge < -0.3 is 14.8 Å². The van der Waals surface area contributed by atoms with Crippen molar-refractivity contribution in [2.75, 3.05) is 13.6 Å². The molecule has 0 spiro atoms. The molecule has 2 amide bonds. The zero-order valence-electron chi connectivity index (χ0n) is 19.1. The van der Waals surface area contributed by atoms with Gasteiger partial charge in [0, 0.05) is 45.5 Å². The average Bonchev–Trinajstić information content (AvgIpc) is 3.43. The quantitative estimate of drug-likeness (QED) is 0.453. The highest BCUT2D eigenvalue weighted by molar-refractivity contribution is 5.97. The Morgan fingerprint density at radius 3 is 2.58 bits per heavy atom. The Bertz CT molecular complexity index is 1260. The molecule has 4 aromatic rings. The van der Waals surface area contributed by atoms with Crippen LogP contribution in [0, 0.1) is 0 Å². The fourth-order valence-corrected chi connectivity index (χ4v) is 4.00. The number of nitrogens with one attached hydrogen (secondary N) is 1. The summed E-state index contributed by atoms with van der Waals surface area (Å²) >= 11 is 0. The normalized spacial score (nSPS) is 12.0. The molecule has 4 rings (SSSR count). The van der Waals surface area contributed by atoms with E-state index in [0.717, 1.165) is 11.1 Å². The summed E-state index contributed by atoms with van der Waals surface area (Å²) in [7, 11) is 5.48. The lowest BCUT2D eigenvalue weighted by atomic mass is 10.0. The first-order valence-corrected chi connectivity index (χ1v) is 10.9. The van der Waals surface area contributed by atoms with E-state index < -0.39 is 0 Å². The van der Waals surface area contributed by atoms with Crippen LogP contribution in [0.1, 0.15) is 32.8 Å². The number of hydrogen-bond donors (Lipinski definition) is 1. The maximum atomic E-state index is 13.3. The Morgan fingerprint density at radius 1 is 1.06 bits per heavy atom. The molecule has 1 atom stereocenters. The Balaban J connectivity index is 1.49. The fourth-order valence-electron chi connectivity index (χ4n) is 4.00. The van der Waals surface area contributed by atoms with Gasteiger partial charge in [-0.3, -0.25) is 9.59 Å². The molecule has 0 radical (unpaired) electrons. The van der Waals surface area contributed by atoms with Gasteiger partial charge in [0.25, 0.3) is 11.8 Å². The maximum absolute atomic E-state index is 13.3. The van der Waals surface area contributed by atoms with Crippen molar-refractivity contribution in [2.24, 2.45) is 14.1 Å². The smallest absolute Gasteiger partial charge is 0.267 e. The second kappa shape index (κ2) is 9.68. The van der Waals surface area contributed by atoms with Crippen molar-refractivity contribution < 1.29 is 9.59 Å². The predicted octanol–water partition coefficient (Wildman–Crippen LogP) is 2.81. The zero-order chi connectivity index (χ0) is 23.4. The molecule has 2 heterocycles. The maximum Gasteiger partial charge on any atom is 0.267 e. The Hall–Kier alpha value is -3.94. The molecule has 170 valence electrons. The summed E-state index contributed by atoms with van der Waals surface area (Å²) in [5.41, 5.74) is 3.87. The first-order chi connectivity index (χ1) is 15.9. The van der Waals surface area contributed by atoms with E-state index in [4.69, 9.17) is 0 Å². The van der Waals surface area contributed by atoms with Gasteiger partial charge in [-0.2, -0.15) is 0 Å². The summed E-state index contributed by atoms with van der Waals surface area (Å²) in [6, 6.07) is 19.1. The van der Waals surface area contributed by atoms with Crippen LogP contribution in [0.2, 0.25) is 0 Å². The molecule has 33 heavy (non-hydrogen) atoms. The van der Waals surface area contributed by atoms with Crippen LogP contribution in [0.3, 0.4) is 0 Å². The van der Waals surface area contributed by atoms with Crippen LogP contribution >= 0.6 is 0 Å². The highest BCUT2D eigenvalue weighted by atomic mass is 16.2. The zero-order valence-corrected chi connectivity index (χ0v) is 19.1. The van der Waals surface area contributed by atoms with Crippen molar-refractivity contribution in [2.45, 2.75) is 18.9 Å². The number of fused-ring (bicyclic) bond motifs is 1. The third kappa shape index (κ3) is 4.95. The topological polar surface area (TPSA) is 85.1 Å². The molecule has 8 nitrogen and oxygen atoms in total. The molecule has 8 heteroatoms. The van der Waals surface area contributed by atoms with E-state index in [2.05, 4.69) is 27.8 Å². The number of hydrogen-bond acceptors (Lipinski definition) is 4. The Labute approximate surface area is 192 Å².